The van der Waals surface area contributed by atoms with Crippen LogP contribution in [0.4, 0.5) is 5.69 Å². The molecule has 0 fully saturated rings. The van der Waals surface area contributed by atoms with E-state index in [9.17, 15) is 4.79 Å². The summed E-state index contributed by atoms with van der Waals surface area (Å²) in [6.45, 7) is 0. The summed E-state index contributed by atoms with van der Waals surface area (Å²) in [5.41, 5.74) is 12.1. The van der Waals surface area contributed by atoms with Crippen LogP contribution >= 0.6 is 11.6 Å². The Morgan fingerprint density at radius 2 is 2.00 bits per heavy atom. The summed E-state index contributed by atoms with van der Waals surface area (Å²) in [7, 11) is 0. The molecule has 112 valence electrons. The number of benzene rings is 1. The smallest absolute Gasteiger partial charge is 0.273 e. The number of hydrogen-bond acceptors (Lipinski definition) is 3. The molecule has 0 saturated heterocycles. The number of hydrazone groups is 1. The number of amides is 1. The highest BCUT2D eigenvalue weighted by molar-refractivity contribution is 6.31. The van der Waals surface area contributed by atoms with Crippen LogP contribution in [0.25, 0.3) is 6.08 Å². The van der Waals surface area contributed by atoms with Gasteiger partial charge in [-0.15, -0.1) is 0 Å². The summed E-state index contributed by atoms with van der Waals surface area (Å²) >= 11 is 5.87. The van der Waals surface area contributed by atoms with Crippen LogP contribution < -0.4 is 11.2 Å². The molecule has 1 aromatic carbocycles. The number of aromatic nitrogens is 1. The molecule has 0 radical (unpaired) electrons. The van der Waals surface area contributed by atoms with E-state index in [1.54, 1.807) is 18.3 Å². The third-order valence-corrected chi connectivity index (χ3v) is 3.67. The number of nitrogens with zero attached hydrogens (tertiary/aromatic N) is 1. The van der Waals surface area contributed by atoms with E-state index in [2.05, 4.69) is 15.5 Å². The quantitative estimate of drug-likeness (QED) is 0.599. The van der Waals surface area contributed by atoms with Gasteiger partial charge in [0.1, 0.15) is 0 Å². The minimum absolute atomic E-state index is 0.196. The molecule has 2 heterocycles. The molecule has 0 unspecified atom stereocenters. The van der Waals surface area contributed by atoms with Gasteiger partial charge in [0.15, 0.2) is 0 Å². The van der Waals surface area contributed by atoms with E-state index in [1.165, 1.54) is 0 Å². The normalized spacial score (nSPS) is 16.0. The van der Waals surface area contributed by atoms with Gasteiger partial charge < -0.3 is 10.7 Å². The molecule has 0 saturated carbocycles. The van der Waals surface area contributed by atoms with E-state index in [1.807, 2.05) is 24.3 Å². The molecule has 3 rings (SSSR count). The van der Waals surface area contributed by atoms with Gasteiger partial charge in [-0.2, -0.15) is 5.10 Å². The molecule has 0 atom stereocenters. The third kappa shape index (κ3) is 3.20. The van der Waals surface area contributed by atoms with E-state index in [4.69, 9.17) is 17.3 Å². The Bertz CT molecular complexity index is 759. The second-order valence-electron chi connectivity index (χ2n) is 5.07. The first-order chi connectivity index (χ1) is 10.6. The first-order valence-corrected chi connectivity index (χ1v) is 7.27. The Morgan fingerprint density at radius 3 is 2.68 bits per heavy atom. The molecule has 4 N–H and O–H groups in total. The maximum atomic E-state index is 11.9. The highest BCUT2D eigenvalue weighted by Crippen LogP contribution is 2.18. The molecule has 2 aromatic rings. The Kier molecular flexibility index (Phi) is 3.98. The number of nitrogen functional groups attached to an aromatic ring is 1. The van der Waals surface area contributed by atoms with Crippen molar-refractivity contribution in [3.05, 3.63) is 58.4 Å². The van der Waals surface area contributed by atoms with Crippen LogP contribution in [-0.4, -0.2) is 16.6 Å². The van der Waals surface area contributed by atoms with Gasteiger partial charge in [0.05, 0.1) is 16.3 Å². The maximum absolute atomic E-state index is 11.9. The lowest BCUT2D eigenvalue weighted by Gasteiger charge is -2.03. The largest absolute Gasteiger partial charge is 0.399 e. The average molecular weight is 315 g/mol. The molecule has 6 heteroatoms. The van der Waals surface area contributed by atoms with Crippen molar-refractivity contribution in [2.45, 2.75) is 12.8 Å². The van der Waals surface area contributed by atoms with Gasteiger partial charge in [-0.1, -0.05) is 23.7 Å². The molecule has 0 bridgehead atoms. The fourth-order valence-corrected chi connectivity index (χ4v) is 2.45. The number of nitrogens with two attached hydrogens (primary N) is 1. The van der Waals surface area contributed by atoms with E-state index in [-0.39, 0.29) is 5.91 Å². The molecule has 1 aliphatic rings. The summed E-state index contributed by atoms with van der Waals surface area (Å²) in [5.74, 6) is -0.196. The number of nitrogens with one attached hydrogen (secondary N) is 2. The van der Waals surface area contributed by atoms with Crippen LogP contribution in [0.3, 0.4) is 0 Å². The maximum Gasteiger partial charge on any atom is 0.273 e. The standard InChI is InChI=1S/C16H15ClN4O/c17-11-7-13(19-9-11)8-14-15(20-21-16(14)22)6-3-10-1-4-12(18)5-2-10/h1-2,4-5,7-9,19H,3,6,18H2,(H,21,22)/b14-8+. The van der Waals surface area contributed by atoms with Crippen molar-refractivity contribution in [2.24, 2.45) is 5.10 Å². The molecule has 1 aliphatic heterocycles. The molecule has 1 aromatic heterocycles. The zero-order valence-electron chi connectivity index (χ0n) is 11.8. The fraction of sp³-hybridized carbons (Fsp3) is 0.125. The Hall–Kier alpha value is -2.53. The minimum Gasteiger partial charge on any atom is -0.399 e. The minimum atomic E-state index is -0.196. The van der Waals surface area contributed by atoms with Crippen molar-refractivity contribution in [2.75, 3.05) is 5.73 Å². The molecular weight excluding hydrogens is 300 g/mol. The lowest BCUT2D eigenvalue weighted by Crippen LogP contribution is -2.13. The predicted molar refractivity (Wildman–Crippen MR) is 88.5 cm³/mol. The summed E-state index contributed by atoms with van der Waals surface area (Å²) in [6, 6.07) is 9.46. The van der Waals surface area contributed by atoms with Gasteiger partial charge in [-0.05, 0) is 42.7 Å². The Balaban J connectivity index is 1.73. The summed E-state index contributed by atoms with van der Waals surface area (Å²) < 4.78 is 0. The van der Waals surface area contributed by atoms with Crippen molar-refractivity contribution in [1.29, 1.82) is 0 Å². The van der Waals surface area contributed by atoms with Crippen LogP contribution in [0.1, 0.15) is 17.7 Å². The van der Waals surface area contributed by atoms with E-state index in [0.717, 1.165) is 29.1 Å². The van der Waals surface area contributed by atoms with Gasteiger partial charge >= 0.3 is 0 Å². The van der Waals surface area contributed by atoms with Crippen molar-refractivity contribution < 1.29 is 4.79 Å². The molecule has 0 aliphatic carbocycles. The van der Waals surface area contributed by atoms with Crippen LogP contribution in [0, 0.1) is 0 Å². The molecule has 5 nitrogen and oxygen atoms in total. The van der Waals surface area contributed by atoms with Crippen LogP contribution in [0.5, 0.6) is 0 Å². The lowest BCUT2D eigenvalue weighted by atomic mass is 10.0. The molecular formula is C16H15ClN4O. The predicted octanol–water partition coefficient (Wildman–Crippen LogP) is 2.75. The van der Waals surface area contributed by atoms with Gasteiger partial charge in [-0.25, -0.2) is 5.43 Å². The highest BCUT2D eigenvalue weighted by Gasteiger charge is 2.22. The molecule has 22 heavy (non-hydrogen) atoms. The third-order valence-electron chi connectivity index (χ3n) is 3.45. The molecule has 0 spiro atoms. The number of hydrogen-bond donors (Lipinski definition) is 3. The number of carbonyl (C=O) groups is 1. The second-order valence-corrected chi connectivity index (χ2v) is 5.51. The Morgan fingerprint density at radius 1 is 1.23 bits per heavy atom. The number of anilines is 1. The van der Waals surface area contributed by atoms with Crippen LogP contribution in [-0.2, 0) is 11.2 Å². The van der Waals surface area contributed by atoms with Crippen molar-refractivity contribution in [3.63, 3.8) is 0 Å². The fourth-order valence-electron chi connectivity index (χ4n) is 2.28. The van der Waals surface area contributed by atoms with E-state index < -0.39 is 0 Å². The highest BCUT2D eigenvalue weighted by atomic mass is 35.5. The summed E-state index contributed by atoms with van der Waals surface area (Å²) in [6.07, 6.45) is 4.89. The monoisotopic (exact) mass is 314 g/mol. The number of halogens is 1. The topological polar surface area (TPSA) is 83.3 Å². The zero-order valence-corrected chi connectivity index (χ0v) is 12.5. The van der Waals surface area contributed by atoms with Crippen LogP contribution in [0.2, 0.25) is 5.02 Å². The van der Waals surface area contributed by atoms with Crippen molar-refractivity contribution >= 4 is 35.0 Å². The van der Waals surface area contributed by atoms with Gasteiger partial charge in [0.25, 0.3) is 5.91 Å². The second kappa shape index (κ2) is 6.07. The summed E-state index contributed by atoms with van der Waals surface area (Å²) in [5, 5.41) is 4.71. The SMILES string of the molecule is Nc1ccc(CCC2=NNC(=O)/C2=C/c2cc(Cl)c[nH]2)cc1. The first-order valence-electron chi connectivity index (χ1n) is 6.89. The van der Waals surface area contributed by atoms with Gasteiger partial charge in [0.2, 0.25) is 0 Å². The number of aromatic amines is 1. The number of carbonyl (C=O) groups excluding carboxylic acids is 1. The first kappa shape index (κ1) is 14.4. The molecule has 1 amide bonds. The van der Waals surface area contributed by atoms with Crippen LogP contribution in [0.15, 0.2) is 47.2 Å². The van der Waals surface area contributed by atoms with E-state index >= 15 is 0 Å². The average Bonchev–Trinajstić information content (AvgIpc) is 3.06. The van der Waals surface area contributed by atoms with Gasteiger partial charge in [-0.3, -0.25) is 4.79 Å². The summed E-state index contributed by atoms with van der Waals surface area (Å²) in [4.78, 5) is 14.9. The van der Waals surface area contributed by atoms with E-state index in [0.29, 0.717) is 17.0 Å². The van der Waals surface area contributed by atoms with Gasteiger partial charge in [0, 0.05) is 17.6 Å². The number of rotatable bonds is 4. The number of H-pyrrole nitrogens is 1. The van der Waals surface area contributed by atoms with Crippen molar-refractivity contribution in [1.82, 2.24) is 10.4 Å². The lowest BCUT2D eigenvalue weighted by molar-refractivity contribution is -0.116. The van der Waals surface area contributed by atoms with Crippen molar-refractivity contribution in [3.8, 4) is 0 Å². The Labute approximate surface area is 132 Å². The zero-order chi connectivity index (χ0) is 15.5. The number of aryl methyl sites for hydroxylation is 1.